The van der Waals surface area contributed by atoms with Gasteiger partial charge in [0.05, 0.1) is 0 Å². The minimum absolute atomic E-state index is 0.0793. The zero-order valence-corrected chi connectivity index (χ0v) is 12.2. The molecule has 19 heavy (non-hydrogen) atoms. The molecule has 2 atom stereocenters. The largest absolute Gasteiger partial charge is 0.384 e. The Hall–Kier alpha value is -1.31. The van der Waals surface area contributed by atoms with Crippen LogP contribution in [0.2, 0.25) is 0 Å². The molecule has 1 saturated heterocycles. The summed E-state index contributed by atoms with van der Waals surface area (Å²) in [4.78, 5) is 15.2. The first-order valence-corrected chi connectivity index (χ1v) is 7.46. The van der Waals surface area contributed by atoms with Crippen LogP contribution in [-0.2, 0) is 0 Å². The number of aliphatic hydroxyl groups excluding tert-OH is 1. The van der Waals surface area contributed by atoms with Gasteiger partial charge in [-0.25, -0.2) is 0 Å². The molecule has 1 fully saturated rings. The highest BCUT2D eigenvalue weighted by atomic mass is 32.1. The Morgan fingerprint density at radius 1 is 1.47 bits per heavy atom. The van der Waals surface area contributed by atoms with Gasteiger partial charge in [-0.1, -0.05) is 25.7 Å². The highest BCUT2D eigenvalue weighted by Gasteiger charge is 2.27. The average molecular weight is 277 g/mol. The van der Waals surface area contributed by atoms with Gasteiger partial charge in [0, 0.05) is 18.7 Å². The second kappa shape index (κ2) is 6.23. The van der Waals surface area contributed by atoms with Crippen LogP contribution in [0, 0.1) is 23.7 Å². The molecule has 0 radical (unpaired) electrons. The number of carbonyl (C=O) groups excluding carboxylic acids is 1. The topological polar surface area (TPSA) is 40.5 Å². The van der Waals surface area contributed by atoms with Crippen molar-refractivity contribution in [2.45, 2.75) is 20.3 Å². The van der Waals surface area contributed by atoms with Crippen LogP contribution in [0.4, 0.5) is 0 Å². The van der Waals surface area contributed by atoms with Crippen LogP contribution in [0.25, 0.3) is 0 Å². The standard InChI is InChI=1S/C15H19NO2S/c1-11-8-12(2)10-16(9-11)15(18)14-13(4-3-6-17)5-7-19-14/h5,7,11-12,17H,6,8-10H2,1-2H3. The molecule has 2 unspecified atom stereocenters. The van der Waals surface area contributed by atoms with Gasteiger partial charge in [-0.3, -0.25) is 4.79 Å². The number of aliphatic hydroxyl groups is 1. The highest BCUT2D eigenvalue weighted by Crippen LogP contribution is 2.25. The Morgan fingerprint density at radius 3 is 2.79 bits per heavy atom. The summed E-state index contributed by atoms with van der Waals surface area (Å²) < 4.78 is 0. The van der Waals surface area contributed by atoms with E-state index in [-0.39, 0.29) is 12.5 Å². The van der Waals surface area contributed by atoms with E-state index in [1.165, 1.54) is 17.8 Å². The van der Waals surface area contributed by atoms with E-state index in [1.54, 1.807) is 0 Å². The third-order valence-electron chi connectivity index (χ3n) is 3.32. The van der Waals surface area contributed by atoms with Crippen molar-refractivity contribution in [2.75, 3.05) is 19.7 Å². The first-order chi connectivity index (χ1) is 9.11. The lowest BCUT2D eigenvalue weighted by Crippen LogP contribution is -2.42. The number of likely N-dealkylation sites (tertiary alicyclic amines) is 1. The summed E-state index contributed by atoms with van der Waals surface area (Å²) in [6, 6.07) is 1.84. The van der Waals surface area contributed by atoms with Gasteiger partial charge in [0.1, 0.15) is 11.5 Å². The lowest BCUT2D eigenvalue weighted by atomic mass is 9.92. The van der Waals surface area contributed by atoms with Gasteiger partial charge in [-0.05, 0) is 29.7 Å². The smallest absolute Gasteiger partial charge is 0.265 e. The predicted octanol–water partition coefficient (Wildman–Crippen LogP) is 2.21. The zero-order valence-electron chi connectivity index (χ0n) is 11.3. The maximum absolute atomic E-state index is 12.5. The first-order valence-electron chi connectivity index (χ1n) is 6.58. The summed E-state index contributed by atoms with van der Waals surface area (Å²) in [5.74, 6) is 6.65. The van der Waals surface area contributed by atoms with Crippen LogP contribution in [0.1, 0.15) is 35.5 Å². The summed E-state index contributed by atoms with van der Waals surface area (Å²) in [5, 5.41) is 10.6. The Kier molecular flexibility index (Phi) is 4.62. The number of hydrogen-bond donors (Lipinski definition) is 1. The van der Waals surface area contributed by atoms with Crippen molar-refractivity contribution in [1.82, 2.24) is 4.90 Å². The number of thiophene rings is 1. The van der Waals surface area contributed by atoms with Crippen molar-refractivity contribution < 1.29 is 9.90 Å². The molecule has 0 aliphatic carbocycles. The molecule has 0 aromatic carbocycles. The maximum atomic E-state index is 12.5. The molecule has 4 heteroatoms. The normalized spacial score (nSPS) is 22.8. The summed E-state index contributed by atoms with van der Waals surface area (Å²) in [6.07, 6.45) is 1.19. The second-order valence-electron chi connectivity index (χ2n) is 5.28. The summed E-state index contributed by atoms with van der Waals surface area (Å²) >= 11 is 1.43. The van der Waals surface area contributed by atoms with E-state index in [9.17, 15) is 4.79 Å². The summed E-state index contributed by atoms with van der Waals surface area (Å²) in [5.41, 5.74) is 0.731. The fourth-order valence-corrected chi connectivity index (χ4v) is 3.50. The lowest BCUT2D eigenvalue weighted by Gasteiger charge is -2.34. The Labute approximate surface area is 118 Å². The quantitative estimate of drug-likeness (QED) is 0.800. The average Bonchev–Trinajstić information content (AvgIpc) is 2.82. The summed E-state index contributed by atoms with van der Waals surface area (Å²) in [6.45, 7) is 5.86. The molecule has 0 spiro atoms. The van der Waals surface area contributed by atoms with Gasteiger partial charge < -0.3 is 10.0 Å². The van der Waals surface area contributed by atoms with E-state index in [1.807, 2.05) is 16.3 Å². The van der Waals surface area contributed by atoms with E-state index < -0.39 is 0 Å². The van der Waals surface area contributed by atoms with Crippen molar-refractivity contribution in [3.8, 4) is 11.8 Å². The van der Waals surface area contributed by atoms with Crippen molar-refractivity contribution in [1.29, 1.82) is 0 Å². The maximum Gasteiger partial charge on any atom is 0.265 e. The minimum atomic E-state index is -0.179. The Bertz CT molecular complexity index is 502. The van der Waals surface area contributed by atoms with E-state index in [0.717, 1.165) is 18.7 Å². The molecular formula is C15H19NO2S. The lowest BCUT2D eigenvalue weighted by molar-refractivity contribution is 0.0628. The summed E-state index contributed by atoms with van der Waals surface area (Å²) in [7, 11) is 0. The van der Waals surface area contributed by atoms with Crippen LogP contribution in [0.3, 0.4) is 0 Å². The molecule has 1 aliphatic rings. The molecule has 2 rings (SSSR count). The fourth-order valence-electron chi connectivity index (χ4n) is 2.68. The van der Waals surface area contributed by atoms with Crippen LogP contribution < -0.4 is 0 Å². The molecule has 1 aromatic rings. The van der Waals surface area contributed by atoms with Gasteiger partial charge in [0.2, 0.25) is 0 Å². The van der Waals surface area contributed by atoms with E-state index >= 15 is 0 Å². The monoisotopic (exact) mass is 277 g/mol. The number of nitrogens with zero attached hydrogens (tertiary/aromatic N) is 1. The van der Waals surface area contributed by atoms with Crippen molar-refractivity contribution in [3.05, 3.63) is 21.9 Å². The number of amides is 1. The molecule has 1 aromatic heterocycles. The van der Waals surface area contributed by atoms with Crippen LogP contribution in [-0.4, -0.2) is 35.6 Å². The Balaban J connectivity index is 2.17. The molecule has 2 heterocycles. The fraction of sp³-hybridized carbons (Fsp3) is 0.533. The second-order valence-corrected chi connectivity index (χ2v) is 6.20. The van der Waals surface area contributed by atoms with Crippen LogP contribution in [0.15, 0.2) is 11.4 Å². The number of hydrogen-bond acceptors (Lipinski definition) is 3. The highest BCUT2D eigenvalue weighted by molar-refractivity contribution is 7.12. The van der Waals surface area contributed by atoms with Crippen molar-refractivity contribution in [2.24, 2.45) is 11.8 Å². The van der Waals surface area contributed by atoms with Crippen molar-refractivity contribution >= 4 is 17.2 Å². The molecule has 3 nitrogen and oxygen atoms in total. The molecule has 1 amide bonds. The van der Waals surface area contributed by atoms with Crippen LogP contribution >= 0.6 is 11.3 Å². The van der Waals surface area contributed by atoms with E-state index in [0.29, 0.717) is 16.7 Å². The van der Waals surface area contributed by atoms with Crippen molar-refractivity contribution in [3.63, 3.8) is 0 Å². The first kappa shape index (κ1) is 14.1. The predicted molar refractivity (Wildman–Crippen MR) is 77.1 cm³/mol. The molecule has 1 N–H and O–H groups in total. The van der Waals surface area contributed by atoms with Gasteiger partial charge in [-0.2, -0.15) is 0 Å². The molecule has 0 bridgehead atoms. The zero-order chi connectivity index (χ0) is 13.8. The third kappa shape index (κ3) is 3.37. The molecule has 1 aliphatic heterocycles. The van der Waals surface area contributed by atoms with Gasteiger partial charge in [-0.15, -0.1) is 11.3 Å². The number of piperidine rings is 1. The number of rotatable bonds is 1. The van der Waals surface area contributed by atoms with Gasteiger partial charge in [0.25, 0.3) is 5.91 Å². The molecular weight excluding hydrogens is 258 g/mol. The minimum Gasteiger partial charge on any atom is -0.384 e. The van der Waals surface area contributed by atoms with Gasteiger partial charge in [0.15, 0.2) is 0 Å². The van der Waals surface area contributed by atoms with Gasteiger partial charge >= 0.3 is 0 Å². The van der Waals surface area contributed by atoms with E-state index in [2.05, 4.69) is 25.7 Å². The van der Waals surface area contributed by atoms with E-state index in [4.69, 9.17) is 5.11 Å². The molecule has 102 valence electrons. The molecule has 0 saturated carbocycles. The Morgan fingerprint density at radius 2 is 2.16 bits per heavy atom. The van der Waals surface area contributed by atoms with Crippen LogP contribution in [0.5, 0.6) is 0 Å². The number of carbonyl (C=O) groups is 1. The third-order valence-corrected chi connectivity index (χ3v) is 4.22. The SMILES string of the molecule is CC1CC(C)CN(C(=O)c2sccc2C#CCO)C1.